The summed E-state index contributed by atoms with van der Waals surface area (Å²) < 4.78 is 0. The van der Waals surface area contributed by atoms with E-state index in [1.54, 1.807) is 6.92 Å². The number of thioether (sulfide) groups is 1. The lowest BCUT2D eigenvalue weighted by Crippen LogP contribution is -2.60. The molecule has 7 N–H and O–H groups in total. The largest absolute Gasteiger partial charge is 0.480 e. The zero-order valence-corrected chi connectivity index (χ0v) is 20.7. The van der Waals surface area contributed by atoms with Crippen molar-refractivity contribution in [1.29, 1.82) is 0 Å². The molecule has 10 nitrogen and oxygen atoms in total. The van der Waals surface area contributed by atoms with Crippen LogP contribution in [-0.4, -0.2) is 76.2 Å². The first kappa shape index (κ1) is 30.1. The van der Waals surface area contributed by atoms with Gasteiger partial charge in [0.2, 0.25) is 17.7 Å². The van der Waals surface area contributed by atoms with Gasteiger partial charge in [0, 0.05) is 0 Å². The van der Waals surface area contributed by atoms with Crippen LogP contribution in [0.15, 0.2) is 0 Å². The molecular weight excluding hydrogens is 436 g/mol. The van der Waals surface area contributed by atoms with Crippen LogP contribution in [-0.2, 0) is 19.2 Å². The van der Waals surface area contributed by atoms with Gasteiger partial charge in [-0.05, 0) is 43.6 Å². The Morgan fingerprint density at radius 2 is 1.50 bits per heavy atom. The van der Waals surface area contributed by atoms with Gasteiger partial charge in [0.05, 0.1) is 12.1 Å². The molecule has 0 aliphatic heterocycles. The number of nitrogens with one attached hydrogen (secondary N) is 3. The predicted octanol–water partition coefficient (Wildman–Crippen LogP) is 0.0788. The Kier molecular flexibility index (Phi) is 14.2. The molecule has 3 amide bonds. The van der Waals surface area contributed by atoms with Gasteiger partial charge in [-0.25, -0.2) is 4.79 Å². The fraction of sp³-hybridized carbons (Fsp3) is 0.810. The van der Waals surface area contributed by atoms with Crippen LogP contribution >= 0.6 is 11.8 Å². The molecule has 0 aliphatic rings. The van der Waals surface area contributed by atoms with Crippen molar-refractivity contribution < 1.29 is 29.4 Å². The molecule has 0 spiro atoms. The van der Waals surface area contributed by atoms with Crippen LogP contribution in [0.4, 0.5) is 0 Å². The first-order valence-corrected chi connectivity index (χ1v) is 12.3. The average Bonchev–Trinajstić information content (AvgIpc) is 2.71. The summed E-state index contributed by atoms with van der Waals surface area (Å²) in [4.78, 5) is 49.5. The highest BCUT2D eigenvalue weighted by Gasteiger charge is 2.33. The van der Waals surface area contributed by atoms with Crippen molar-refractivity contribution in [1.82, 2.24) is 16.0 Å². The lowest BCUT2D eigenvalue weighted by molar-refractivity contribution is -0.144. The number of hydrogen-bond donors (Lipinski definition) is 6. The first-order valence-electron chi connectivity index (χ1n) is 10.9. The van der Waals surface area contributed by atoms with E-state index in [1.807, 2.05) is 27.0 Å². The molecule has 6 unspecified atom stereocenters. The fourth-order valence-corrected chi connectivity index (χ4v) is 3.43. The van der Waals surface area contributed by atoms with Gasteiger partial charge in [-0.1, -0.05) is 34.1 Å². The molecule has 0 saturated carbocycles. The maximum Gasteiger partial charge on any atom is 0.326 e. The van der Waals surface area contributed by atoms with Crippen molar-refractivity contribution in [3.8, 4) is 0 Å². The number of aliphatic hydroxyl groups is 1. The lowest BCUT2D eigenvalue weighted by Gasteiger charge is -2.28. The van der Waals surface area contributed by atoms with Gasteiger partial charge in [-0.2, -0.15) is 11.8 Å². The van der Waals surface area contributed by atoms with Crippen LogP contribution in [0.3, 0.4) is 0 Å². The minimum Gasteiger partial charge on any atom is -0.480 e. The molecule has 0 aliphatic carbocycles. The standard InChI is InChI=1S/C21H40N4O6S/c1-7-12(4)16(21(30)31)24-19(28)15(10-11(2)3)23-20(29)17(13(5)26)25-18(27)14(22)8-9-32-6/h11-17,26H,7-10,22H2,1-6H3,(H,23,29)(H,24,28)(H,25,27)(H,30,31). The molecule has 0 aromatic rings. The van der Waals surface area contributed by atoms with Crippen LogP contribution < -0.4 is 21.7 Å². The third-order valence-corrected chi connectivity index (χ3v) is 5.79. The van der Waals surface area contributed by atoms with Gasteiger partial charge in [-0.3, -0.25) is 14.4 Å². The number of aliphatic hydroxyl groups excluding tert-OH is 1. The number of nitrogens with two attached hydrogens (primary N) is 1. The molecule has 0 saturated heterocycles. The first-order chi connectivity index (χ1) is 14.8. The highest BCUT2D eigenvalue weighted by atomic mass is 32.2. The molecule has 0 radical (unpaired) electrons. The van der Waals surface area contributed by atoms with E-state index in [2.05, 4.69) is 16.0 Å². The number of rotatable bonds is 15. The highest BCUT2D eigenvalue weighted by molar-refractivity contribution is 7.98. The van der Waals surface area contributed by atoms with Gasteiger partial charge >= 0.3 is 5.97 Å². The number of hydrogen-bond acceptors (Lipinski definition) is 7. The van der Waals surface area contributed by atoms with E-state index in [-0.39, 0.29) is 18.3 Å². The van der Waals surface area contributed by atoms with E-state index < -0.39 is 54.0 Å². The molecule has 0 aromatic heterocycles. The van der Waals surface area contributed by atoms with E-state index in [0.29, 0.717) is 18.6 Å². The van der Waals surface area contributed by atoms with E-state index in [1.165, 1.54) is 18.7 Å². The Labute approximate surface area is 194 Å². The topological polar surface area (TPSA) is 171 Å². The Morgan fingerprint density at radius 3 is 1.94 bits per heavy atom. The zero-order valence-electron chi connectivity index (χ0n) is 19.9. The summed E-state index contributed by atoms with van der Waals surface area (Å²) in [5.74, 6) is -2.74. The van der Waals surface area contributed by atoms with Gasteiger partial charge in [0.25, 0.3) is 0 Å². The predicted molar refractivity (Wildman–Crippen MR) is 125 cm³/mol. The zero-order chi connectivity index (χ0) is 25.0. The molecule has 0 rings (SSSR count). The van der Waals surface area contributed by atoms with Crippen molar-refractivity contribution in [2.24, 2.45) is 17.6 Å². The van der Waals surface area contributed by atoms with Gasteiger partial charge < -0.3 is 31.9 Å². The smallest absolute Gasteiger partial charge is 0.326 e. The molecule has 186 valence electrons. The maximum atomic E-state index is 12.8. The van der Waals surface area contributed by atoms with Gasteiger partial charge in [0.1, 0.15) is 18.1 Å². The van der Waals surface area contributed by atoms with Crippen molar-refractivity contribution in [2.45, 2.75) is 84.2 Å². The average molecular weight is 477 g/mol. The third kappa shape index (κ3) is 10.6. The summed E-state index contributed by atoms with van der Waals surface area (Å²) in [5, 5.41) is 27.0. The number of carbonyl (C=O) groups excluding carboxylic acids is 3. The second kappa shape index (κ2) is 15.1. The fourth-order valence-electron chi connectivity index (χ4n) is 2.94. The van der Waals surface area contributed by atoms with Crippen LogP contribution in [0.5, 0.6) is 0 Å². The molecular formula is C21H40N4O6S. The Balaban J connectivity index is 5.43. The highest BCUT2D eigenvalue weighted by Crippen LogP contribution is 2.11. The molecule has 6 atom stereocenters. The van der Waals surface area contributed by atoms with Crippen LogP contribution in [0.25, 0.3) is 0 Å². The second-order valence-electron chi connectivity index (χ2n) is 8.52. The molecule has 0 fully saturated rings. The molecule has 32 heavy (non-hydrogen) atoms. The molecule has 0 bridgehead atoms. The summed E-state index contributed by atoms with van der Waals surface area (Å²) in [6.07, 6.45) is 1.85. The van der Waals surface area contributed by atoms with Crippen LogP contribution in [0, 0.1) is 11.8 Å². The Morgan fingerprint density at radius 1 is 0.938 bits per heavy atom. The molecule has 11 heteroatoms. The maximum absolute atomic E-state index is 12.8. The van der Waals surface area contributed by atoms with Crippen molar-refractivity contribution in [3.63, 3.8) is 0 Å². The van der Waals surface area contributed by atoms with Gasteiger partial charge in [-0.15, -0.1) is 0 Å². The van der Waals surface area contributed by atoms with Crippen LogP contribution in [0.2, 0.25) is 0 Å². The summed E-state index contributed by atoms with van der Waals surface area (Å²) in [7, 11) is 0. The second-order valence-corrected chi connectivity index (χ2v) is 9.50. The van der Waals surface area contributed by atoms with E-state index in [4.69, 9.17) is 5.73 Å². The molecule has 0 aromatic carbocycles. The summed E-state index contributed by atoms with van der Waals surface area (Å²) in [6.45, 7) is 8.59. The number of carbonyl (C=O) groups is 4. The SMILES string of the molecule is CCC(C)C(NC(=O)C(CC(C)C)NC(=O)C(NC(=O)C(N)CCSC)C(C)O)C(=O)O. The van der Waals surface area contributed by atoms with E-state index in [9.17, 15) is 29.4 Å². The minimum absolute atomic E-state index is 0.0116. The Bertz CT molecular complexity index is 631. The van der Waals surface area contributed by atoms with E-state index in [0.717, 1.165) is 0 Å². The number of amides is 3. The summed E-state index contributed by atoms with van der Waals surface area (Å²) in [5.41, 5.74) is 5.83. The van der Waals surface area contributed by atoms with Crippen molar-refractivity contribution >= 4 is 35.5 Å². The number of carboxylic acids is 1. The summed E-state index contributed by atoms with van der Waals surface area (Å²) in [6, 6.07) is -4.27. The minimum atomic E-state index is -1.31. The Hall–Kier alpha value is -1.85. The third-order valence-electron chi connectivity index (χ3n) is 5.15. The monoisotopic (exact) mass is 476 g/mol. The number of aliphatic carboxylic acids is 1. The van der Waals surface area contributed by atoms with Crippen molar-refractivity contribution in [2.75, 3.05) is 12.0 Å². The van der Waals surface area contributed by atoms with Gasteiger partial charge in [0.15, 0.2) is 0 Å². The normalized spacial score (nSPS) is 16.9. The van der Waals surface area contributed by atoms with Crippen molar-refractivity contribution in [3.05, 3.63) is 0 Å². The van der Waals surface area contributed by atoms with Crippen LogP contribution in [0.1, 0.15) is 53.9 Å². The molecule has 0 heterocycles. The summed E-state index contributed by atoms with van der Waals surface area (Å²) >= 11 is 1.53. The number of carboxylic acid groups (broad SMARTS) is 1. The quantitative estimate of drug-likeness (QED) is 0.193. The lowest BCUT2D eigenvalue weighted by atomic mass is 9.97. The van der Waals surface area contributed by atoms with E-state index >= 15 is 0 Å².